The summed E-state index contributed by atoms with van der Waals surface area (Å²) in [5, 5.41) is 10.7. The Morgan fingerprint density at radius 3 is 2.73 bits per heavy atom. The molecule has 1 aromatic rings. The van der Waals surface area contributed by atoms with E-state index in [2.05, 4.69) is 15.7 Å². The first kappa shape index (κ1) is 22.0. The number of aliphatic hydroxyl groups is 1. The van der Waals surface area contributed by atoms with Crippen LogP contribution in [0.4, 0.5) is 0 Å². The topological polar surface area (TPSA) is 104 Å². The lowest BCUT2D eigenvalue weighted by Gasteiger charge is -2.39. The lowest BCUT2D eigenvalue weighted by Crippen LogP contribution is -2.48. The molecule has 1 aliphatic carbocycles. The zero-order valence-electron chi connectivity index (χ0n) is 19.1. The summed E-state index contributed by atoms with van der Waals surface area (Å²) in [5.41, 5.74) is -0.258. The number of carbonyl (C=O) groups is 2. The summed E-state index contributed by atoms with van der Waals surface area (Å²) in [7, 11) is 2.76. The van der Waals surface area contributed by atoms with E-state index in [1.165, 1.54) is 14.0 Å². The maximum Gasteiger partial charge on any atom is 0.339 e. The van der Waals surface area contributed by atoms with Crippen LogP contribution in [0.1, 0.15) is 43.2 Å². The third-order valence-electron chi connectivity index (χ3n) is 7.35. The number of rotatable bonds is 5. The number of esters is 2. The molecule has 1 N–H and O–H groups in total. The highest BCUT2D eigenvalue weighted by atomic mass is 16.7. The Balaban J connectivity index is 1.56. The zero-order chi connectivity index (χ0) is 23.4. The van der Waals surface area contributed by atoms with Crippen LogP contribution in [0, 0.1) is 0 Å². The average molecular weight is 459 g/mol. The molecule has 33 heavy (non-hydrogen) atoms. The van der Waals surface area contributed by atoms with Gasteiger partial charge in [0.05, 0.1) is 32.1 Å². The Morgan fingerprint density at radius 1 is 1.24 bits per heavy atom. The smallest absolute Gasteiger partial charge is 0.339 e. The predicted molar refractivity (Wildman–Crippen MR) is 115 cm³/mol. The molecule has 0 unspecified atom stereocenters. The van der Waals surface area contributed by atoms with Crippen LogP contribution in [0.15, 0.2) is 24.0 Å². The van der Waals surface area contributed by atoms with E-state index in [1.807, 2.05) is 12.1 Å². The maximum atomic E-state index is 13.1. The molecule has 4 atom stereocenters. The van der Waals surface area contributed by atoms with Crippen molar-refractivity contribution in [2.45, 2.75) is 55.8 Å². The van der Waals surface area contributed by atoms with Crippen LogP contribution in [0.3, 0.4) is 0 Å². The van der Waals surface area contributed by atoms with Gasteiger partial charge in [0, 0.05) is 6.54 Å². The Labute approximate surface area is 192 Å². The molecule has 1 saturated heterocycles. The zero-order valence-corrected chi connectivity index (χ0v) is 19.1. The van der Waals surface area contributed by atoms with E-state index in [4.69, 9.17) is 18.9 Å². The van der Waals surface area contributed by atoms with Gasteiger partial charge >= 0.3 is 11.9 Å². The number of hydrogen-bond acceptors (Lipinski definition) is 9. The van der Waals surface area contributed by atoms with Gasteiger partial charge in [-0.2, -0.15) is 0 Å². The fourth-order valence-corrected chi connectivity index (χ4v) is 5.76. The average Bonchev–Trinajstić information content (AvgIpc) is 3.47. The van der Waals surface area contributed by atoms with Crippen molar-refractivity contribution < 1.29 is 38.4 Å². The van der Waals surface area contributed by atoms with Crippen LogP contribution in [0.25, 0.3) is 0 Å². The molecule has 1 fully saturated rings. The molecule has 1 aromatic carbocycles. The number of nitrogens with zero attached hydrogens (tertiary/aromatic N) is 1. The molecule has 9 heteroatoms. The van der Waals surface area contributed by atoms with E-state index in [9.17, 15) is 14.7 Å². The highest BCUT2D eigenvalue weighted by Crippen LogP contribution is 2.55. The number of carbonyl (C=O) groups excluding carboxylic acids is 2. The van der Waals surface area contributed by atoms with E-state index in [0.29, 0.717) is 11.5 Å². The number of benzene rings is 1. The first-order valence-corrected chi connectivity index (χ1v) is 11.2. The van der Waals surface area contributed by atoms with Crippen molar-refractivity contribution in [2.24, 2.45) is 0 Å². The lowest BCUT2D eigenvalue weighted by atomic mass is 9.77. The summed E-state index contributed by atoms with van der Waals surface area (Å²) in [6, 6.07) is 4.01. The minimum absolute atomic E-state index is 0.177. The van der Waals surface area contributed by atoms with Crippen molar-refractivity contribution in [3.05, 3.63) is 35.1 Å². The van der Waals surface area contributed by atoms with E-state index >= 15 is 0 Å². The highest BCUT2D eigenvalue weighted by molar-refractivity contribution is 5.85. The molecule has 0 bridgehead atoms. The monoisotopic (exact) mass is 459 g/mol. The van der Waals surface area contributed by atoms with Gasteiger partial charge in [-0.3, -0.25) is 9.69 Å². The second-order valence-corrected chi connectivity index (χ2v) is 9.32. The van der Waals surface area contributed by atoms with Crippen LogP contribution < -0.4 is 9.47 Å². The van der Waals surface area contributed by atoms with Gasteiger partial charge < -0.3 is 28.8 Å². The van der Waals surface area contributed by atoms with Crippen molar-refractivity contribution in [1.29, 1.82) is 0 Å². The summed E-state index contributed by atoms with van der Waals surface area (Å²) >= 11 is 0. The third-order valence-corrected chi connectivity index (χ3v) is 7.35. The molecule has 4 aliphatic rings. The highest BCUT2D eigenvalue weighted by Gasteiger charge is 2.58. The number of methoxy groups -OCH3 is 2. The summed E-state index contributed by atoms with van der Waals surface area (Å²) in [5.74, 6) is 0.0894. The van der Waals surface area contributed by atoms with Gasteiger partial charge in [0.2, 0.25) is 6.79 Å². The minimum atomic E-state index is -2.03. The van der Waals surface area contributed by atoms with Gasteiger partial charge in [-0.1, -0.05) is 0 Å². The van der Waals surface area contributed by atoms with Crippen molar-refractivity contribution in [3.63, 3.8) is 0 Å². The first-order valence-electron chi connectivity index (χ1n) is 11.2. The molecule has 5 rings (SSSR count). The van der Waals surface area contributed by atoms with Gasteiger partial charge in [-0.05, 0) is 62.1 Å². The van der Waals surface area contributed by atoms with E-state index < -0.39 is 30.1 Å². The van der Waals surface area contributed by atoms with Crippen molar-refractivity contribution in [3.8, 4) is 11.5 Å². The SMILES string of the molecule is COC(=O)C[C@@](C)(O)C(=O)O[C@@H]1C(OC)=C[C@]23CCCN2CCc2cc4c(cc2[C@H]13)OCO4. The molecule has 9 nitrogen and oxygen atoms in total. The first-order chi connectivity index (χ1) is 15.8. The van der Waals surface area contributed by atoms with Gasteiger partial charge in [0.25, 0.3) is 0 Å². The molecular formula is C24H29NO8. The van der Waals surface area contributed by atoms with E-state index in [-0.39, 0.29) is 18.2 Å². The van der Waals surface area contributed by atoms with Gasteiger partial charge in [-0.25, -0.2) is 4.79 Å². The molecule has 1 spiro atoms. The second kappa shape index (κ2) is 7.92. The fraction of sp³-hybridized carbons (Fsp3) is 0.583. The second-order valence-electron chi connectivity index (χ2n) is 9.32. The van der Waals surface area contributed by atoms with Crippen LogP contribution in [0.2, 0.25) is 0 Å². The van der Waals surface area contributed by atoms with Crippen LogP contribution in [-0.4, -0.2) is 73.3 Å². The third kappa shape index (κ3) is 3.45. The molecule has 0 radical (unpaired) electrons. The van der Waals surface area contributed by atoms with Gasteiger partial charge in [0.1, 0.15) is 5.76 Å². The van der Waals surface area contributed by atoms with Crippen molar-refractivity contribution in [1.82, 2.24) is 4.90 Å². The van der Waals surface area contributed by atoms with Gasteiger partial charge in [0.15, 0.2) is 23.2 Å². The molecule has 3 aliphatic heterocycles. The summed E-state index contributed by atoms with van der Waals surface area (Å²) in [4.78, 5) is 27.2. The molecular weight excluding hydrogens is 430 g/mol. The Kier molecular flexibility index (Phi) is 5.29. The fourth-order valence-electron chi connectivity index (χ4n) is 5.76. The van der Waals surface area contributed by atoms with Crippen LogP contribution in [-0.2, 0) is 30.2 Å². The van der Waals surface area contributed by atoms with Crippen molar-refractivity contribution in [2.75, 3.05) is 34.1 Å². The minimum Gasteiger partial charge on any atom is -0.497 e. The quantitative estimate of drug-likeness (QED) is 0.659. The Morgan fingerprint density at radius 2 is 2.00 bits per heavy atom. The number of ether oxygens (including phenoxy) is 5. The molecule has 178 valence electrons. The maximum absolute atomic E-state index is 13.1. The summed E-state index contributed by atoms with van der Waals surface area (Å²) in [6.45, 7) is 3.23. The summed E-state index contributed by atoms with van der Waals surface area (Å²) < 4.78 is 27.5. The molecule has 0 saturated carbocycles. The van der Waals surface area contributed by atoms with E-state index in [1.54, 1.807) is 7.11 Å². The van der Waals surface area contributed by atoms with Crippen molar-refractivity contribution >= 4 is 11.9 Å². The molecule has 3 heterocycles. The number of fused-ring (bicyclic) bond motifs is 3. The lowest BCUT2D eigenvalue weighted by molar-refractivity contribution is -0.175. The normalized spacial score (nSPS) is 29.2. The molecule has 0 amide bonds. The summed E-state index contributed by atoms with van der Waals surface area (Å²) in [6.07, 6.45) is 3.57. The molecule has 0 aromatic heterocycles. The van der Waals surface area contributed by atoms with Crippen LogP contribution >= 0.6 is 0 Å². The standard InChI is InChI=1S/C24H29NO8/c1-23(28,12-19(26)30-3)22(27)33-21-18(29-2)11-24-6-4-7-25(24)8-5-14-9-16-17(32-13-31-16)10-15(14)20(21)24/h9-11,20-21,28H,4-8,12-13H2,1-3H3/t20-,21-,23-,24+/m1/s1. The number of hydrogen-bond donors (Lipinski definition) is 1. The van der Waals surface area contributed by atoms with Crippen LogP contribution in [0.5, 0.6) is 11.5 Å². The Hall–Kier alpha value is -2.78. The van der Waals surface area contributed by atoms with E-state index in [0.717, 1.165) is 49.2 Å². The Bertz CT molecular complexity index is 1020. The largest absolute Gasteiger partial charge is 0.497 e. The predicted octanol–water partition coefficient (Wildman–Crippen LogP) is 1.66. The van der Waals surface area contributed by atoms with Gasteiger partial charge in [-0.15, -0.1) is 0 Å².